The Hall–Kier alpha value is -0.480. The van der Waals surface area contributed by atoms with Gasteiger partial charge in [-0.05, 0) is 68.7 Å². The van der Waals surface area contributed by atoms with Crippen LogP contribution >= 0.6 is 11.3 Å². The Labute approximate surface area is 125 Å². The van der Waals surface area contributed by atoms with Crippen molar-refractivity contribution in [3.63, 3.8) is 0 Å². The molecule has 4 heteroatoms. The third-order valence-electron chi connectivity index (χ3n) is 5.70. The van der Waals surface area contributed by atoms with Gasteiger partial charge in [-0.25, -0.2) is 0 Å². The zero-order chi connectivity index (χ0) is 13.5. The van der Waals surface area contributed by atoms with Crippen molar-refractivity contribution in [3.05, 3.63) is 10.0 Å². The minimum atomic E-state index is 0.750. The lowest BCUT2D eigenvalue weighted by Gasteiger charge is -2.53. The molecule has 3 nitrogen and oxygen atoms in total. The van der Waals surface area contributed by atoms with Crippen molar-refractivity contribution in [3.8, 4) is 0 Å². The molecule has 0 radical (unpaired) electrons. The highest BCUT2D eigenvalue weighted by Gasteiger charge is 2.49. The number of hydrogen-bond donors (Lipinski definition) is 1. The number of nitrogens with one attached hydrogen (secondary N) is 1. The van der Waals surface area contributed by atoms with Gasteiger partial charge in [0.25, 0.3) is 0 Å². The van der Waals surface area contributed by atoms with Gasteiger partial charge in [-0.15, -0.1) is 10.2 Å². The lowest BCUT2D eigenvalue weighted by atomic mass is 9.52. The van der Waals surface area contributed by atoms with Gasteiger partial charge in [0.05, 0.1) is 0 Å². The zero-order valence-corrected chi connectivity index (χ0v) is 13.2. The van der Waals surface area contributed by atoms with Gasteiger partial charge in [0, 0.05) is 12.5 Å². The molecule has 0 amide bonds. The summed E-state index contributed by atoms with van der Waals surface area (Å²) in [6, 6.07) is 0. The highest BCUT2D eigenvalue weighted by atomic mass is 32.1. The smallest absolute Gasteiger partial charge is 0.131 e. The minimum Gasteiger partial charge on any atom is -0.310 e. The van der Waals surface area contributed by atoms with Gasteiger partial charge in [-0.1, -0.05) is 18.3 Å². The van der Waals surface area contributed by atoms with Gasteiger partial charge in [0.15, 0.2) is 0 Å². The second-order valence-electron chi connectivity index (χ2n) is 7.17. The summed E-state index contributed by atoms with van der Waals surface area (Å²) in [6.07, 6.45) is 8.60. The summed E-state index contributed by atoms with van der Waals surface area (Å²) in [5.41, 5.74) is 0. The maximum Gasteiger partial charge on any atom is 0.131 e. The van der Waals surface area contributed by atoms with Crippen molar-refractivity contribution in [1.82, 2.24) is 15.5 Å². The molecule has 0 atom stereocenters. The standard InChI is InChI=1S/C16H25N3S/c1-2-3-17-9-14-18-19-16(20-14)15-12-5-10-4-11(7-12)8-13(15)6-10/h10-13,15,17H,2-9H2,1H3. The van der Waals surface area contributed by atoms with E-state index in [2.05, 4.69) is 22.4 Å². The van der Waals surface area contributed by atoms with Crippen LogP contribution in [0.4, 0.5) is 0 Å². The topological polar surface area (TPSA) is 37.8 Å². The van der Waals surface area contributed by atoms with E-state index in [0.29, 0.717) is 0 Å². The van der Waals surface area contributed by atoms with Gasteiger partial charge in [0.2, 0.25) is 0 Å². The third kappa shape index (κ3) is 2.31. The molecule has 4 fully saturated rings. The first kappa shape index (κ1) is 13.2. The average Bonchev–Trinajstić information content (AvgIpc) is 2.86. The van der Waals surface area contributed by atoms with E-state index in [4.69, 9.17) is 0 Å². The summed E-state index contributed by atoms with van der Waals surface area (Å²) in [5.74, 6) is 4.70. The fourth-order valence-electron chi connectivity index (χ4n) is 5.17. The minimum absolute atomic E-state index is 0.750. The molecule has 4 saturated carbocycles. The molecule has 5 rings (SSSR count). The highest BCUT2D eigenvalue weighted by Crippen LogP contribution is 2.59. The molecule has 4 bridgehead atoms. The molecular weight excluding hydrogens is 266 g/mol. The van der Waals surface area contributed by atoms with E-state index < -0.39 is 0 Å². The number of aromatic nitrogens is 2. The second-order valence-corrected chi connectivity index (χ2v) is 8.26. The van der Waals surface area contributed by atoms with Crippen LogP contribution in [-0.4, -0.2) is 16.7 Å². The Kier molecular flexibility index (Phi) is 3.55. The van der Waals surface area contributed by atoms with Crippen molar-refractivity contribution >= 4 is 11.3 Å². The molecule has 110 valence electrons. The van der Waals surface area contributed by atoms with Crippen LogP contribution in [0.15, 0.2) is 0 Å². The van der Waals surface area contributed by atoms with Crippen molar-refractivity contribution in [1.29, 1.82) is 0 Å². The fourth-order valence-corrected chi connectivity index (χ4v) is 6.27. The fraction of sp³-hybridized carbons (Fsp3) is 0.875. The quantitative estimate of drug-likeness (QED) is 0.843. The number of nitrogens with zero attached hydrogens (tertiary/aromatic N) is 2. The predicted octanol–water partition coefficient (Wildman–Crippen LogP) is 3.58. The predicted molar refractivity (Wildman–Crippen MR) is 81.7 cm³/mol. The zero-order valence-electron chi connectivity index (χ0n) is 12.3. The summed E-state index contributed by atoms with van der Waals surface area (Å²) < 4.78 is 0. The molecule has 4 aliphatic rings. The van der Waals surface area contributed by atoms with Crippen molar-refractivity contribution in [2.45, 2.75) is 57.9 Å². The van der Waals surface area contributed by atoms with Crippen molar-refractivity contribution < 1.29 is 0 Å². The highest BCUT2D eigenvalue weighted by molar-refractivity contribution is 7.11. The van der Waals surface area contributed by atoms with E-state index in [0.717, 1.165) is 42.7 Å². The molecule has 0 aromatic carbocycles. The Morgan fingerprint density at radius 2 is 1.75 bits per heavy atom. The Bertz CT molecular complexity index is 442. The van der Waals surface area contributed by atoms with E-state index in [1.165, 1.54) is 48.5 Å². The number of hydrogen-bond acceptors (Lipinski definition) is 4. The average molecular weight is 291 g/mol. The molecular formula is C16H25N3S. The molecule has 1 aromatic heterocycles. The SMILES string of the molecule is CCCNCc1nnc(C2C3CC4CC(C3)CC2C4)s1. The first-order valence-electron chi connectivity index (χ1n) is 8.36. The van der Waals surface area contributed by atoms with E-state index in [-0.39, 0.29) is 0 Å². The summed E-state index contributed by atoms with van der Waals surface area (Å²) in [4.78, 5) is 0. The van der Waals surface area contributed by atoms with Gasteiger partial charge in [0.1, 0.15) is 10.0 Å². The largest absolute Gasteiger partial charge is 0.310 e. The van der Waals surface area contributed by atoms with Crippen LogP contribution in [0.2, 0.25) is 0 Å². The van der Waals surface area contributed by atoms with Gasteiger partial charge >= 0.3 is 0 Å². The first-order valence-corrected chi connectivity index (χ1v) is 9.18. The van der Waals surface area contributed by atoms with Gasteiger partial charge in [-0.2, -0.15) is 0 Å². The molecule has 0 aliphatic heterocycles. The van der Waals surface area contributed by atoms with Crippen LogP contribution in [0.3, 0.4) is 0 Å². The van der Waals surface area contributed by atoms with Crippen LogP contribution < -0.4 is 5.32 Å². The molecule has 0 spiro atoms. The summed E-state index contributed by atoms with van der Waals surface area (Å²) in [7, 11) is 0. The van der Waals surface area contributed by atoms with E-state index >= 15 is 0 Å². The number of rotatable bonds is 5. The van der Waals surface area contributed by atoms with Crippen LogP contribution in [0.5, 0.6) is 0 Å². The summed E-state index contributed by atoms with van der Waals surface area (Å²) >= 11 is 1.88. The second kappa shape index (κ2) is 5.38. The molecule has 1 aromatic rings. The molecule has 1 N–H and O–H groups in total. The van der Waals surface area contributed by atoms with Crippen LogP contribution in [0, 0.1) is 23.7 Å². The summed E-state index contributed by atoms with van der Waals surface area (Å²) in [6.45, 7) is 4.18. The Morgan fingerprint density at radius 1 is 1.05 bits per heavy atom. The van der Waals surface area contributed by atoms with Gasteiger partial charge < -0.3 is 5.32 Å². The monoisotopic (exact) mass is 291 g/mol. The maximum absolute atomic E-state index is 4.57. The maximum atomic E-state index is 4.57. The van der Waals surface area contributed by atoms with Crippen molar-refractivity contribution in [2.24, 2.45) is 23.7 Å². The third-order valence-corrected chi connectivity index (χ3v) is 6.72. The lowest BCUT2D eigenvalue weighted by Crippen LogP contribution is -2.43. The normalized spacial score (nSPS) is 38.5. The van der Waals surface area contributed by atoms with Gasteiger partial charge in [-0.3, -0.25) is 0 Å². The first-order chi connectivity index (χ1) is 9.83. The summed E-state index contributed by atoms with van der Waals surface area (Å²) in [5, 5.41) is 15.0. The van der Waals surface area contributed by atoms with Crippen LogP contribution in [-0.2, 0) is 6.54 Å². The lowest BCUT2D eigenvalue weighted by molar-refractivity contribution is -0.00303. The van der Waals surface area contributed by atoms with E-state index in [1.54, 1.807) is 0 Å². The van der Waals surface area contributed by atoms with Crippen LogP contribution in [0.25, 0.3) is 0 Å². The van der Waals surface area contributed by atoms with Crippen molar-refractivity contribution in [2.75, 3.05) is 6.54 Å². The molecule has 1 heterocycles. The van der Waals surface area contributed by atoms with Crippen LogP contribution in [0.1, 0.15) is 61.4 Å². The Morgan fingerprint density at radius 3 is 2.40 bits per heavy atom. The molecule has 4 aliphatic carbocycles. The Balaban J connectivity index is 1.47. The molecule has 0 saturated heterocycles. The molecule has 0 unspecified atom stereocenters. The molecule has 20 heavy (non-hydrogen) atoms. The van der Waals surface area contributed by atoms with E-state index in [1.807, 2.05) is 11.3 Å². The van der Waals surface area contributed by atoms with E-state index in [9.17, 15) is 0 Å².